The number of hydrogen-bond donors (Lipinski definition) is 1. The number of fused-ring (bicyclic) bond motifs is 1. The lowest BCUT2D eigenvalue weighted by atomic mass is 10.1. The molecule has 0 unspecified atom stereocenters. The zero-order valence-electron chi connectivity index (χ0n) is 22.3. The molecule has 1 aliphatic rings. The molecule has 1 aliphatic heterocycles. The van der Waals surface area contributed by atoms with E-state index in [1.807, 2.05) is 60.2 Å². The molecule has 0 saturated heterocycles. The molecule has 2 aromatic carbocycles. The highest BCUT2D eigenvalue weighted by atomic mass is 16.5. The van der Waals surface area contributed by atoms with Crippen LogP contribution in [0.15, 0.2) is 53.1 Å². The Morgan fingerprint density at radius 3 is 2.41 bits per heavy atom. The minimum absolute atomic E-state index is 0.0749. The van der Waals surface area contributed by atoms with Gasteiger partial charge < -0.3 is 14.7 Å². The summed E-state index contributed by atoms with van der Waals surface area (Å²) in [4.78, 5) is 28.3. The van der Waals surface area contributed by atoms with Crippen molar-refractivity contribution in [3.8, 4) is 11.3 Å². The summed E-state index contributed by atoms with van der Waals surface area (Å²) in [7, 11) is 1.80. The Balaban J connectivity index is 1.53. The second-order valence-corrected chi connectivity index (χ2v) is 9.76. The predicted octanol–water partition coefficient (Wildman–Crippen LogP) is 4.46. The number of rotatable bonds is 11. The van der Waals surface area contributed by atoms with E-state index in [0.717, 1.165) is 41.8 Å². The van der Waals surface area contributed by atoms with Gasteiger partial charge in [0.25, 0.3) is 5.91 Å². The molecule has 3 aromatic rings. The summed E-state index contributed by atoms with van der Waals surface area (Å²) < 4.78 is 5.47. The van der Waals surface area contributed by atoms with Crippen molar-refractivity contribution in [2.45, 2.75) is 53.1 Å². The molecule has 2 heterocycles. The molecule has 0 spiro atoms. The van der Waals surface area contributed by atoms with Crippen molar-refractivity contribution in [3.05, 3.63) is 70.9 Å². The van der Waals surface area contributed by atoms with Crippen LogP contribution in [0.25, 0.3) is 11.3 Å². The molecule has 8 nitrogen and oxygen atoms in total. The second-order valence-electron chi connectivity index (χ2n) is 9.76. The van der Waals surface area contributed by atoms with Crippen LogP contribution in [0.1, 0.15) is 48.6 Å². The van der Waals surface area contributed by atoms with Crippen LogP contribution in [-0.2, 0) is 22.7 Å². The van der Waals surface area contributed by atoms with E-state index in [4.69, 9.17) is 4.52 Å². The van der Waals surface area contributed by atoms with Gasteiger partial charge in [-0.2, -0.15) is 0 Å². The fourth-order valence-electron chi connectivity index (χ4n) is 4.61. The van der Waals surface area contributed by atoms with Crippen molar-refractivity contribution >= 4 is 17.5 Å². The Morgan fingerprint density at radius 1 is 1.03 bits per heavy atom. The highest BCUT2D eigenvalue weighted by Crippen LogP contribution is 2.29. The second kappa shape index (κ2) is 12.1. The number of carbonyl (C=O) groups excluding carboxylic acids is 2. The average Bonchev–Trinajstić information content (AvgIpc) is 3.52. The molecular weight excluding hydrogens is 466 g/mol. The van der Waals surface area contributed by atoms with Gasteiger partial charge in [0.1, 0.15) is 0 Å². The number of nitrogens with zero attached hydrogens (tertiary/aromatic N) is 4. The Hall–Kier alpha value is -3.65. The first-order valence-corrected chi connectivity index (χ1v) is 13.0. The zero-order chi connectivity index (χ0) is 26.4. The first-order valence-electron chi connectivity index (χ1n) is 13.0. The quantitative estimate of drug-likeness (QED) is 0.389. The number of amides is 2. The van der Waals surface area contributed by atoms with E-state index in [1.165, 1.54) is 11.1 Å². The maximum Gasteiger partial charge on any atom is 0.256 e. The molecule has 0 fully saturated rings. The molecule has 1 aromatic heterocycles. The van der Waals surface area contributed by atoms with Crippen LogP contribution >= 0.6 is 0 Å². The third-order valence-electron chi connectivity index (χ3n) is 6.83. The van der Waals surface area contributed by atoms with Gasteiger partial charge in [0.15, 0.2) is 5.76 Å². The minimum Gasteiger partial charge on any atom is -0.356 e. The number of aromatic nitrogens is 1. The van der Waals surface area contributed by atoms with Crippen molar-refractivity contribution in [2.24, 2.45) is 0 Å². The lowest BCUT2D eigenvalue weighted by Gasteiger charge is -2.32. The van der Waals surface area contributed by atoms with Crippen molar-refractivity contribution in [1.82, 2.24) is 20.5 Å². The summed E-state index contributed by atoms with van der Waals surface area (Å²) >= 11 is 0. The Kier molecular flexibility index (Phi) is 8.61. The highest BCUT2D eigenvalue weighted by molar-refractivity contribution is 5.87. The standard InChI is InChI=1S/C29H37N5O3/c1-5-6-9-14-30-28(35)19-33(26-16-23(13-12-21(26)2)27-15-22(3)31-37-27)20-29(36)32(4)34-17-24-10-7-8-11-25(24)18-34/h7-8,10-13,15-16H,5-6,9,14,17-20H2,1-4H3,(H,30,35). The topological polar surface area (TPSA) is 81.9 Å². The van der Waals surface area contributed by atoms with Crippen LogP contribution in [0.4, 0.5) is 5.69 Å². The number of carbonyl (C=O) groups is 2. The number of aryl methyl sites for hydroxylation is 2. The number of likely N-dealkylation sites (N-methyl/N-ethyl adjacent to an activating group) is 1. The summed E-state index contributed by atoms with van der Waals surface area (Å²) in [5.41, 5.74) is 5.91. The fraction of sp³-hybridized carbons (Fsp3) is 0.414. The summed E-state index contributed by atoms with van der Waals surface area (Å²) in [5.74, 6) is 0.480. The molecule has 37 heavy (non-hydrogen) atoms. The van der Waals surface area contributed by atoms with Gasteiger partial charge in [0, 0.05) is 44.0 Å². The van der Waals surface area contributed by atoms with E-state index in [9.17, 15) is 9.59 Å². The Morgan fingerprint density at radius 2 is 1.76 bits per heavy atom. The number of anilines is 1. The third-order valence-corrected chi connectivity index (χ3v) is 6.83. The van der Waals surface area contributed by atoms with Gasteiger partial charge in [0.05, 0.1) is 18.8 Å². The van der Waals surface area contributed by atoms with E-state index in [-0.39, 0.29) is 24.9 Å². The predicted molar refractivity (Wildman–Crippen MR) is 145 cm³/mol. The van der Waals surface area contributed by atoms with Crippen LogP contribution in [0.2, 0.25) is 0 Å². The monoisotopic (exact) mass is 503 g/mol. The molecular formula is C29H37N5O3. The summed E-state index contributed by atoms with van der Waals surface area (Å²) in [5, 5.41) is 10.7. The van der Waals surface area contributed by atoms with Gasteiger partial charge in [0.2, 0.25) is 5.91 Å². The molecule has 8 heteroatoms. The van der Waals surface area contributed by atoms with E-state index < -0.39 is 0 Å². The number of hydrogen-bond acceptors (Lipinski definition) is 6. The molecule has 0 bridgehead atoms. The number of benzene rings is 2. The van der Waals surface area contributed by atoms with E-state index >= 15 is 0 Å². The molecule has 4 rings (SSSR count). The van der Waals surface area contributed by atoms with Gasteiger partial charge in [-0.3, -0.25) is 14.6 Å². The van der Waals surface area contributed by atoms with Crippen LogP contribution in [0.3, 0.4) is 0 Å². The summed E-state index contributed by atoms with van der Waals surface area (Å²) in [6.07, 6.45) is 3.11. The first kappa shape index (κ1) is 26.4. The fourth-order valence-corrected chi connectivity index (χ4v) is 4.61. The normalized spacial score (nSPS) is 12.9. The van der Waals surface area contributed by atoms with E-state index in [1.54, 1.807) is 12.1 Å². The van der Waals surface area contributed by atoms with Gasteiger partial charge in [-0.05, 0) is 43.0 Å². The molecule has 0 saturated carbocycles. The average molecular weight is 504 g/mol. The molecule has 0 radical (unpaired) electrons. The van der Waals surface area contributed by atoms with Gasteiger partial charge in [-0.15, -0.1) is 0 Å². The lowest BCUT2D eigenvalue weighted by molar-refractivity contribution is -0.145. The first-order chi connectivity index (χ1) is 17.9. The van der Waals surface area contributed by atoms with Crippen LogP contribution in [0, 0.1) is 13.8 Å². The van der Waals surface area contributed by atoms with Crippen LogP contribution in [-0.4, -0.2) is 53.7 Å². The summed E-state index contributed by atoms with van der Waals surface area (Å²) in [6, 6.07) is 16.1. The number of nitrogens with one attached hydrogen (secondary N) is 1. The van der Waals surface area contributed by atoms with Gasteiger partial charge >= 0.3 is 0 Å². The van der Waals surface area contributed by atoms with Crippen molar-refractivity contribution in [2.75, 3.05) is 31.6 Å². The summed E-state index contributed by atoms with van der Waals surface area (Å²) in [6.45, 7) is 8.18. The van der Waals surface area contributed by atoms with Crippen molar-refractivity contribution < 1.29 is 14.1 Å². The van der Waals surface area contributed by atoms with Crippen LogP contribution in [0.5, 0.6) is 0 Å². The number of hydrazine groups is 1. The lowest BCUT2D eigenvalue weighted by Crippen LogP contribution is -2.48. The largest absolute Gasteiger partial charge is 0.356 e. The molecule has 2 amide bonds. The molecule has 1 N–H and O–H groups in total. The zero-order valence-corrected chi connectivity index (χ0v) is 22.3. The third kappa shape index (κ3) is 6.57. The molecule has 196 valence electrons. The number of unbranched alkanes of at least 4 members (excludes halogenated alkanes) is 2. The van der Waals surface area contributed by atoms with E-state index in [0.29, 0.717) is 25.4 Å². The van der Waals surface area contributed by atoms with Crippen molar-refractivity contribution in [1.29, 1.82) is 0 Å². The highest BCUT2D eigenvalue weighted by Gasteiger charge is 2.27. The van der Waals surface area contributed by atoms with Crippen LogP contribution < -0.4 is 10.2 Å². The Bertz CT molecular complexity index is 1210. The molecule has 0 atom stereocenters. The minimum atomic E-state index is -0.0968. The maximum absolute atomic E-state index is 13.5. The SMILES string of the molecule is CCCCCNC(=O)CN(CC(=O)N(C)N1Cc2ccccc2C1)c1cc(-c2cc(C)no2)ccc1C. The van der Waals surface area contributed by atoms with E-state index in [2.05, 4.69) is 29.5 Å². The smallest absolute Gasteiger partial charge is 0.256 e. The maximum atomic E-state index is 13.5. The van der Waals surface area contributed by atoms with Gasteiger partial charge in [-0.1, -0.05) is 61.3 Å². The van der Waals surface area contributed by atoms with Gasteiger partial charge in [-0.25, -0.2) is 5.01 Å². The molecule has 0 aliphatic carbocycles. The Labute approximate surface area is 219 Å². The van der Waals surface area contributed by atoms with Crippen molar-refractivity contribution in [3.63, 3.8) is 0 Å².